The second-order valence-electron chi connectivity index (χ2n) is 6.79. The number of hydrogen-bond acceptors (Lipinski definition) is 3. The molecule has 5 unspecified atom stereocenters. The van der Waals surface area contributed by atoms with Gasteiger partial charge in [-0.15, -0.1) is 0 Å². The number of aromatic nitrogens is 1. The molecule has 2 aromatic rings. The number of anilines is 1. The van der Waals surface area contributed by atoms with Crippen LogP contribution in [0.2, 0.25) is 10.0 Å². The third-order valence-electron chi connectivity index (χ3n) is 5.10. The Hall–Kier alpha value is -1.69. The molecule has 2 saturated heterocycles. The smallest absolute Gasteiger partial charge is 0.230 e. The maximum absolute atomic E-state index is 14.3. The van der Waals surface area contributed by atoms with Crippen molar-refractivity contribution >= 4 is 34.8 Å². The molecule has 0 radical (unpaired) electrons. The third kappa shape index (κ3) is 3.08. The monoisotopic (exact) mass is 394 g/mol. The maximum atomic E-state index is 14.3. The summed E-state index contributed by atoms with van der Waals surface area (Å²) in [6, 6.07) is 8.65. The molecule has 5 atom stereocenters. The van der Waals surface area contributed by atoms with Crippen molar-refractivity contribution < 1.29 is 13.9 Å². The minimum absolute atomic E-state index is 0.214. The number of fused-ring (bicyclic) bond motifs is 2. The minimum Gasteiger partial charge on any atom is -0.370 e. The summed E-state index contributed by atoms with van der Waals surface area (Å²) in [7, 11) is 0. The molecule has 26 heavy (non-hydrogen) atoms. The molecular weight excluding hydrogens is 378 g/mol. The zero-order valence-electron chi connectivity index (χ0n) is 14.0. The Morgan fingerprint density at radius 2 is 2.08 bits per heavy atom. The number of hydrogen-bond donors (Lipinski definition) is 1. The first-order valence-corrected chi connectivity index (χ1v) is 9.17. The number of aryl methyl sites for hydroxylation is 1. The normalized spacial score (nSPS) is 29.8. The summed E-state index contributed by atoms with van der Waals surface area (Å²) < 4.78 is 20.1. The first-order chi connectivity index (χ1) is 12.4. The van der Waals surface area contributed by atoms with Gasteiger partial charge in [0.05, 0.1) is 28.2 Å². The molecule has 3 heterocycles. The first kappa shape index (κ1) is 17.7. The lowest BCUT2D eigenvalue weighted by Gasteiger charge is -2.29. The zero-order valence-corrected chi connectivity index (χ0v) is 15.5. The molecule has 7 heteroatoms. The molecule has 0 spiro atoms. The topological polar surface area (TPSA) is 51.2 Å². The number of carbonyl (C=O) groups is 1. The van der Waals surface area contributed by atoms with Crippen LogP contribution in [0.1, 0.15) is 23.6 Å². The Kier molecular flexibility index (Phi) is 4.63. The molecule has 0 saturated carbocycles. The van der Waals surface area contributed by atoms with E-state index in [4.69, 9.17) is 27.9 Å². The number of carbonyl (C=O) groups excluding carboxylic acids is 1. The van der Waals surface area contributed by atoms with Gasteiger partial charge < -0.3 is 10.1 Å². The van der Waals surface area contributed by atoms with Gasteiger partial charge in [0.15, 0.2) is 0 Å². The Morgan fingerprint density at radius 3 is 2.77 bits per heavy atom. The fourth-order valence-corrected chi connectivity index (χ4v) is 4.18. The molecule has 1 aromatic heterocycles. The van der Waals surface area contributed by atoms with Gasteiger partial charge in [0, 0.05) is 29.9 Å². The highest BCUT2D eigenvalue weighted by atomic mass is 35.5. The van der Waals surface area contributed by atoms with E-state index in [1.165, 1.54) is 0 Å². The highest BCUT2D eigenvalue weighted by Crippen LogP contribution is 2.50. The van der Waals surface area contributed by atoms with E-state index in [-0.39, 0.29) is 18.2 Å². The van der Waals surface area contributed by atoms with Gasteiger partial charge in [-0.3, -0.25) is 9.78 Å². The van der Waals surface area contributed by atoms with Crippen molar-refractivity contribution in [1.29, 1.82) is 0 Å². The largest absolute Gasteiger partial charge is 0.370 e. The highest BCUT2D eigenvalue weighted by molar-refractivity contribution is 6.42. The third-order valence-corrected chi connectivity index (χ3v) is 5.84. The van der Waals surface area contributed by atoms with Gasteiger partial charge in [0.2, 0.25) is 5.91 Å². The molecule has 0 aliphatic carbocycles. The predicted molar refractivity (Wildman–Crippen MR) is 98.5 cm³/mol. The number of benzene rings is 1. The van der Waals surface area contributed by atoms with Crippen LogP contribution < -0.4 is 5.32 Å². The van der Waals surface area contributed by atoms with Crippen LogP contribution >= 0.6 is 23.2 Å². The molecule has 1 N–H and O–H groups in total. The number of pyridine rings is 1. The lowest BCUT2D eigenvalue weighted by atomic mass is 9.74. The molecule has 1 amide bonds. The van der Waals surface area contributed by atoms with E-state index < -0.39 is 24.3 Å². The first-order valence-electron chi connectivity index (χ1n) is 8.42. The van der Waals surface area contributed by atoms with Crippen LogP contribution in [0.4, 0.5) is 10.1 Å². The van der Waals surface area contributed by atoms with Crippen molar-refractivity contribution in [3.05, 3.63) is 57.8 Å². The van der Waals surface area contributed by atoms with Gasteiger partial charge in [0.1, 0.15) is 6.17 Å². The summed E-state index contributed by atoms with van der Waals surface area (Å²) in [4.78, 5) is 17.2. The number of halogens is 3. The van der Waals surface area contributed by atoms with Crippen molar-refractivity contribution in [2.75, 3.05) is 5.32 Å². The van der Waals surface area contributed by atoms with E-state index in [1.54, 1.807) is 24.4 Å². The minimum atomic E-state index is -1.07. The Bertz CT molecular complexity index is 846. The number of alkyl halides is 1. The quantitative estimate of drug-likeness (QED) is 0.830. The number of nitrogens with zero attached hydrogens (tertiary/aromatic N) is 1. The average Bonchev–Trinajstić information content (AvgIpc) is 3.16. The molecular formula is C19H17Cl2FN2O2. The fraction of sp³-hybridized carbons (Fsp3) is 0.368. The Labute approximate surface area is 160 Å². The molecule has 4 rings (SSSR count). The number of ether oxygens (including phenoxy) is 1. The van der Waals surface area contributed by atoms with Crippen molar-refractivity contribution in [2.45, 2.75) is 37.6 Å². The lowest BCUT2D eigenvalue weighted by Crippen LogP contribution is -2.39. The number of amides is 1. The summed E-state index contributed by atoms with van der Waals surface area (Å²) in [5.41, 5.74) is 2.23. The summed E-state index contributed by atoms with van der Waals surface area (Å²) in [5, 5.41) is 3.63. The van der Waals surface area contributed by atoms with Gasteiger partial charge in [-0.1, -0.05) is 29.3 Å². The highest BCUT2D eigenvalue weighted by Gasteiger charge is 2.57. The van der Waals surface area contributed by atoms with Crippen molar-refractivity contribution in [3.8, 4) is 0 Å². The molecule has 4 nitrogen and oxygen atoms in total. The maximum Gasteiger partial charge on any atom is 0.230 e. The zero-order chi connectivity index (χ0) is 18.4. The van der Waals surface area contributed by atoms with Gasteiger partial charge >= 0.3 is 0 Å². The molecule has 1 aromatic carbocycles. The fourth-order valence-electron chi connectivity index (χ4n) is 3.88. The SMILES string of the molecule is Cc1ccc(C2C3OC(CC3F)C2C(=O)Nc2ccc(Cl)c(Cl)c2)cn1. The molecule has 2 aliphatic rings. The Morgan fingerprint density at radius 1 is 1.27 bits per heavy atom. The summed E-state index contributed by atoms with van der Waals surface area (Å²) in [6.45, 7) is 1.88. The van der Waals surface area contributed by atoms with E-state index in [1.807, 2.05) is 19.1 Å². The van der Waals surface area contributed by atoms with Crippen LogP contribution in [0, 0.1) is 12.8 Å². The van der Waals surface area contributed by atoms with Crippen LogP contribution in [0.15, 0.2) is 36.5 Å². The lowest BCUT2D eigenvalue weighted by molar-refractivity contribution is -0.121. The Balaban J connectivity index is 1.61. The predicted octanol–water partition coefficient (Wildman–Crippen LogP) is 4.54. The van der Waals surface area contributed by atoms with Crippen molar-refractivity contribution in [1.82, 2.24) is 4.98 Å². The van der Waals surface area contributed by atoms with Gasteiger partial charge in [-0.05, 0) is 36.8 Å². The van der Waals surface area contributed by atoms with E-state index >= 15 is 0 Å². The van der Waals surface area contributed by atoms with E-state index in [9.17, 15) is 9.18 Å². The standard InChI is InChI=1S/C19H17Cl2FN2O2/c1-9-2-3-10(8-23-9)16-17(15-7-14(22)18(16)26-15)19(25)24-11-4-5-12(20)13(21)6-11/h2-6,8,14-18H,7H2,1H3,(H,24,25). The van der Waals surface area contributed by atoms with Crippen LogP contribution in [0.3, 0.4) is 0 Å². The molecule has 2 fully saturated rings. The number of rotatable bonds is 3. The van der Waals surface area contributed by atoms with Crippen LogP contribution in [-0.4, -0.2) is 29.3 Å². The van der Waals surface area contributed by atoms with Crippen LogP contribution in [0.5, 0.6) is 0 Å². The molecule has 2 bridgehead atoms. The van der Waals surface area contributed by atoms with Gasteiger partial charge in [-0.25, -0.2) is 4.39 Å². The summed E-state index contributed by atoms with van der Waals surface area (Å²) in [6.07, 6.45) is -0.186. The summed E-state index contributed by atoms with van der Waals surface area (Å²) >= 11 is 11.9. The second kappa shape index (κ2) is 6.80. The second-order valence-corrected chi connectivity index (χ2v) is 7.61. The average molecular weight is 395 g/mol. The summed E-state index contributed by atoms with van der Waals surface area (Å²) in [5.74, 6) is -1.06. The van der Waals surface area contributed by atoms with E-state index in [0.717, 1.165) is 11.3 Å². The van der Waals surface area contributed by atoms with Crippen molar-refractivity contribution in [3.63, 3.8) is 0 Å². The van der Waals surface area contributed by atoms with Gasteiger partial charge in [-0.2, -0.15) is 0 Å². The van der Waals surface area contributed by atoms with E-state index in [2.05, 4.69) is 10.3 Å². The van der Waals surface area contributed by atoms with Crippen LogP contribution in [0.25, 0.3) is 0 Å². The van der Waals surface area contributed by atoms with E-state index in [0.29, 0.717) is 15.7 Å². The van der Waals surface area contributed by atoms with Crippen LogP contribution in [-0.2, 0) is 9.53 Å². The molecule has 2 aliphatic heterocycles. The van der Waals surface area contributed by atoms with Crippen molar-refractivity contribution in [2.24, 2.45) is 5.92 Å². The molecule has 136 valence electrons. The van der Waals surface area contributed by atoms with Gasteiger partial charge in [0.25, 0.3) is 0 Å². The number of nitrogens with one attached hydrogen (secondary N) is 1.